The van der Waals surface area contributed by atoms with Gasteiger partial charge in [0.25, 0.3) is 10.0 Å². The Bertz CT molecular complexity index is 1190. The highest BCUT2D eigenvalue weighted by molar-refractivity contribution is 7.90. The average Bonchev–Trinajstić information content (AvgIpc) is 3.13. The minimum atomic E-state index is -3.89. The van der Waals surface area contributed by atoms with Gasteiger partial charge in [-0.2, -0.15) is 0 Å². The third-order valence-electron chi connectivity index (χ3n) is 5.17. The van der Waals surface area contributed by atoms with Crippen LogP contribution in [0.2, 0.25) is 0 Å². The fraction of sp³-hybridized carbons (Fsp3) is 0.238. The summed E-state index contributed by atoms with van der Waals surface area (Å²) in [7, 11) is -2.33. The predicted molar refractivity (Wildman–Crippen MR) is 102 cm³/mol. The van der Waals surface area contributed by atoms with Gasteiger partial charge in [-0.1, -0.05) is 6.07 Å². The van der Waals surface area contributed by atoms with Crippen molar-refractivity contribution < 1.29 is 17.5 Å². The number of aromatic nitrogens is 1. The van der Waals surface area contributed by atoms with E-state index in [2.05, 4.69) is 5.92 Å². The zero-order valence-electron chi connectivity index (χ0n) is 14.8. The molecule has 3 aromatic rings. The van der Waals surface area contributed by atoms with Gasteiger partial charge in [0.2, 0.25) is 0 Å². The molecule has 0 amide bonds. The van der Waals surface area contributed by atoms with Crippen LogP contribution in [-0.4, -0.2) is 19.5 Å². The first-order valence-corrected chi connectivity index (χ1v) is 10.1. The van der Waals surface area contributed by atoms with Crippen molar-refractivity contribution in [1.29, 1.82) is 0 Å². The fourth-order valence-corrected chi connectivity index (χ4v) is 5.44. The van der Waals surface area contributed by atoms with Crippen molar-refractivity contribution in [3.05, 3.63) is 59.5 Å². The maximum atomic E-state index is 14.0. The first-order valence-electron chi connectivity index (χ1n) is 8.63. The Labute approximate surface area is 157 Å². The van der Waals surface area contributed by atoms with Crippen molar-refractivity contribution in [3.63, 3.8) is 0 Å². The van der Waals surface area contributed by atoms with Crippen LogP contribution in [0, 0.1) is 24.1 Å². The van der Waals surface area contributed by atoms with E-state index < -0.39 is 15.8 Å². The van der Waals surface area contributed by atoms with Crippen LogP contribution in [0.25, 0.3) is 10.9 Å². The Kier molecular flexibility index (Phi) is 4.20. The highest BCUT2D eigenvalue weighted by Gasteiger charge is 2.29. The minimum absolute atomic E-state index is 0.0610. The predicted octanol–water partition coefficient (Wildman–Crippen LogP) is 3.76. The maximum absolute atomic E-state index is 14.0. The fourth-order valence-electron chi connectivity index (χ4n) is 3.81. The molecule has 0 N–H and O–H groups in total. The number of hydrogen-bond donors (Lipinski definition) is 0. The summed E-state index contributed by atoms with van der Waals surface area (Å²) in [6.07, 6.45) is 8.84. The van der Waals surface area contributed by atoms with Crippen molar-refractivity contribution in [2.45, 2.75) is 24.2 Å². The monoisotopic (exact) mass is 383 g/mol. The Morgan fingerprint density at radius 1 is 1.22 bits per heavy atom. The summed E-state index contributed by atoms with van der Waals surface area (Å²) in [5.41, 5.74) is 1.89. The van der Waals surface area contributed by atoms with E-state index in [0.717, 1.165) is 21.5 Å². The van der Waals surface area contributed by atoms with Crippen LogP contribution in [0.4, 0.5) is 4.39 Å². The molecule has 1 heterocycles. The molecule has 0 bridgehead atoms. The van der Waals surface area contributed by atoms with E-state index in [4.69, 9.17) is 11.2 Å². The second kappa shape index (κ2) is 6.43. The Hall–Kier alpha value is -2.78. The number of nitrogens with zero attached hydrogens (tertiary/aromatic N) is 1. The average molecular weight is 383 g/mol. The Balaban J connectivity index is 1.93. The molecule has 27 heavy (non-hydrogen) atoms. The lowest BCUT2D eigenvalue weighted by Gasteiger charge is -2.25. The standard InChI is InChI=1S/C21H18FNO3S/c1-3-14-7-8-15-17(13-14)20(26-2)9-10-21(15)27(24,25)23-12-11-16-18(22)5-4-6-19(16)23/h1,4-6,9-12,14H,7-8,13H2,2H3. The molecule has 2 aromatic carbocycles. The number of halogens is 1. The van der Waals surface area contributed by atoms with Gasteiger partial charge >= 0.3 is 0 Å². The van der Waals surface area contributed by atoms with Gasteiger partial charge in [0.1, 0.15) is 11.6 Å². The lowest BCUT2D eigenvalue weighted by atomic mass is 9.84. The van der Waals surface area contributed by atoms with Crippen molar-refractivity contribution in [3.8, 4) is 18.1 Å². The molecule has 0 saturated carbocycles. The normalized spacial score (nSPS) is 16.7. The lowest BCUT2D eigenvalue weighted by Crippen LogP contribution is -2.20. The number of hydrogen-bond acceptors (Lipinski definition) is 3. The molecule has 0 radical (unpaired) electrons. The number of terminal acetylenes is 1. The lowest BCUT2D eigenvalue weighted by molar-refractivity contribution is 0.401. The second-order valence-corrected chi connectivity index (χ2v) is 8.40. The van der Waals surface area contributed by atoms with Gasteiger partial charge in [-0.05, 0) is 60.7 Å². The zero-order chi connectivity index (χ0) is 19.2. The molecular weight excluding hydrogens is 365 g/mol. The molecule has 0 saturated heterocycles. The first kappa shape index (κ1) is 17.6. The highest BCUT2D eigenvalue weighted by atomic mass is 32.2. The highest BCUT2D eigenvalue weighted by Crippen LogP contribution is 2.37. The number of rotatable bonds is 3. The van der Waals surface area contributed by atoms with Crippen molar-refractivity contribution >= 4 is 20.9 Å². The van der Waals surface area contributed by atoms with Gasteiger partial charge in [-0.15, -0.1) is 12.3 Å². The topological polar surface area (TPSA) is 48.3 Å². The van der Waals surface area contributed by atoms with E-state index in [9.17, 15) is 12.8 Å². The van der Waals surface area contributed by atoms with Crippen molar-refractivity contribution in [2.24, 2.45) is 5.92 Å². The van der Waals surface area contributed by atoms with Gasteiger partial charge in [-0.25, -0.2) is 16.8 Å². The number of methoxy groups -OCH3 is 1. The molecule has 1 aliphatic rings. The molecule has 4 nitrogen and oxygen atoms in total. The van der Waals surface area contributed by atoms with Gasteiger partial charge in [0.05, 0.1) is 17.5 Å². The smallest absolute Gasteiger partial charge is 0.268 e. The van der Waals surface area contributed by atoms with Crippen LogP contribution in [0.15, 0.2) is 47.5 Å². The third-order valence-corrected chi connectivity index (χ3v) is 6.95. The van der Waals surface area contributed by atoms with Gasteiger partial charge in [0, 0.05) is 17.5 Å². The van der Waals surface area contributed by atoms with E-state index in [1.807, 2.05) is 0 Å². The maximum Gasteiger partial charge on any atom is 0.268 e. The first-order chi connectivity index (χ1) is 13.0. The van der Waals surface area contributed by atoms with E-state index in [0.29, 0.717) is 24.1 Å². The van der Waals surface area contributed by atoms with Crippen LogP contribution in [0.3, 0.4) is 0 Å². The van der Waals surface area contributed by atoms with Crippen LogP contribution in [-0.2, 0) is 22.9 Å². The minimum Gasteiger partial charge on any atom is -0.496 e. The largest absolute Gasteiger partial charge is 0.496 e. The molecule has 0 spiro atoms. The summed E-state index contributed by atoms with van der Waals surface area (Å²) in [5.74, 6) is 3.02. The summed E-state index contributed by atoms with van der Waals surface area (Å²) in [5, 5.41) is 0.274. The SMILES string of the molecule is C#CC1CCc2c(S(=O)(=O)n3ccc4c(F)cccc43)ccc(OC)c2C1. The van der Waals surface area contributed by atoms with Crippen LogP contribution >= 0.6 is 0 Å². The van der Waals surface area contributed by atoms with Crippen molar-refractivity contribution in [1.82, 2.24) is 3.97 Å². The Morgan fingerprint density at radius 3 is 2.78 bits per heavy atom. The van der Waals surface area contributed by atoms with E-state index >= 15 is 0 Å². The quantitative estimate of drug-likeness (QED) is 0.647. The zero-order valence-corrected chi connectivity index (χ0v) is 15.6. The van der Waals surface area contributed by atoms with Gasteiger partial charge < -0.3 is 4.74 Å². The molecule has 6 heteroatoms. The second-order valence-electron chi connectivity index (χ2n) is 6.62. The van der Waals surface area contributed by atoms with Crippen molar-refractivity contribution in [2.75, 3.05) is 7.11 Å². The number of benzene rings is 2. The summed E-state index contributed by atoms with van der Waals surface area (Å²) in [6, 6.07) is 9.12. The molecule has 1 aliphatic carbocycles. The number of fused-ring (bicyclic) bond motifs is 2. The number of ether oxygens (including phenoxy) is 1. The van der Waals surface area contributed by atoms with Crippen LogP contribution in [0.1, 0.15) is 17.5 Å². The van der Waals surface area contributed by atoms with Crippen LogP contribution in [0.5, 0.6) is 5.75 Å². The molecule has 138 valence electrons. The molecule has 1 aromatic heterocycles. The van der Waals surface area contributed by atoms with E-state index in [-0.39, 0.29) is 16.2 Å². The Morgan fingerprint density at radius 2 is 2.04 bits per heavy atom. The molecule has 1 unspecified atom stereocenters. The van der Waals surface area contributed by atoms with Crippen LogP contribution < -0.4 is 4.74 Å². The van der Waals surface area contributed by atoms with E-state index in [1.165, 1.54) is 24.4 Å². The summed E-state index contributed by atoms with van der Waals surface area (Å²) in [4.78, 5) is 0.218. The molecule has 0 fully saturated rings. The third kappa shape index (κ3) is 2.70. The summed E-state index contributed by atoms with van der Waals surface area (Å²) >= 11 is 0. The molecule has 0 aliphatic heterocycles. The summed E-state index contributed by atoms with van der Waals surface area (Å²) < 4.78 is 47.4. The molecule has 4 rings (SSSR count). The molecular formula is C21H18FNO3S. The van der Waals surface area contributed by atoms with Gasteiger partial charge in [-0.3, -0.25) is 0 Å². The molecule has 1 atom stereocenters. The van der Waals surface area contributed by atoms with E-state index in [1.54, 1.807) is 25.3 Å². The van der Waals surface area contributed by atoms with Gasteiger partial charge in [0.15, 0.2) is 0 Å². The summed E-state index contributed by atoms with van der Waals surface area (Å²) in [6.45, 7) is 0.